The molecule has 0 aliphatic carbocycles. The van der Waals surface area contributed by atoms with Crippen LogP contribution >= 0.6 is 0 Å². The van der Waals surface area contributed by atoms with Crippen molar-refractivity contribution in [1.29, 1.82) is 0 Å². The van der Waals surface area contributed by atoms with Crippen molar-refractivity contribution in [2.45, 2.75) is 33.2 Å². The van der Waals surface area contributed by atoms with Gasteiger partial charge in [0.15, 0.2) is 0 Å². The number of carbonyl (C=O) groups excluding carboxylic acids is 1. The zero-order valence-electron chi connectivity index (χ0n) is 12.2. The molecule has 0 spiro atoms. The van der Waals surface area contributed by atoms with Crippen molar-refractivity contribution in [3.8, 4) is 5.75 Å². The Labute approximate surface area is 115 Å². The Hall–Kier alpha value is -1.55. The summed E-state index contributed by atoms with van der Waals surface area (Å²) in [5.41, 5.74) is 2.33. The first kappa shape index (κ1) is 15.5. The van der Waals surface area contributed by atoms with Gasteiger partial charge in [-0.25, -0.2) is 0 Å². The van der Waals surface area contributed by atoms with Gasteiger partial charge < -0.3 is 15.4 Å². The number of amides is 1. The van der Waals surface area contributed by atoms with Crippen molar-refractivity contribution in [3.63, 3.8) is 0 Å². The van der Waals surface area contributed by atoms with E-state index < -0.39 is 0 Å². The zero-order chi connectivity index (χ0) is 14.3. The van der Waals surface area contributed by atoms with Crippen molar-refractivity contribution in [2.24, 2.45) is 0 Å². The Kier molecular flexibility index (Phi) is 6.36. The molecular formula is C15H24N2O2. The maximum absolute atomic E-state index is 11.4. The smallest absolute Gasteiger partial charge is 0.221 e. The first-order valence-electron chi connectivity index (χ1n) is 6.73. The molecule has 0 saturated heterocycles. The quantitative estimate of drug-likeness (QED) is 0.793. The third-order valence-electron chi connectivity index (χ3n) is 3.03. The van der Waals surface area contributed by atoms with Gasteiger partial charge in [0, 0.05) is 31.1 Å². The maximum Gasteiger partial charge on any atom is 0.221 e. The number of methoxy groups -OCH3 is 1. The molecule has 1 unspecified atom stereocenters. The van der Waals surface area contributed by atoms with E-state index in [4.69, 9.17) is 4.74 Å². The average molecular weight is 264 g/mol. The summed E-state index contributed by atoms with van der Waals surface area (Å²) in [4.78, 5) is 11.4. The van der Waals surface area contributed by atoms with Crippen molar-refractivity contribution in [1.82, 2.24) is 10.6 Å². The van der Waals surface area contributed by atoms with Crippen LogP contribution in [-0.4, -0.2) is 26.1 Å². The van der Waals surface area contributed by atoms with Gasteiger partial charge in [0.25, 0.3) is 0 Å². The number of hydrogen-bond acceptors (Lipinski definition) is 3. The fourth-order valence-electron chi connectivity index (χ4n) is 1.99. The molecule has 19 heavy (non-hydrogen) atoms. The third-order valence-corrected chi connectivity index (χ3v) is 3.03. The lowest BCUT2D eigenvalue weighted by Crippen LogP contribution is -2.28. The predicted octanol–water partition coefficient (Wildman–Crippen LogP) is 2.18. The van der Waals surface area contributed by atoms with Gasteiger partial charge in [-0.2, -0.15) is 0 Å². The van der Waals surface area contributed by atoms with Crippen LogP contribution in [0, 0.1) is 6.92 Å². The van der Waals surface area contributed by atoms with Crippen LogP contribution in [0.25, 0.3) is 0 Å². The molecule has 0 heterocycles. The second-order valence-corrected chi connectivity index (χ2v) is 4.62. The average Bonchev–Trinajstić information content (AvgIpc) is 2.38. The molecule has 1 rings (SSSR count). The number of benzene rings is 1. The summed E-state index contributed by atoms with van der Waals surface area (Å²) < 4.78 is 5.37. The van der Waals surface area contributed by atoms with E-state index >= 15 is 0 Å². The minimum atomic E-state index is 0.0819. The maximum atomic E-state index is 11.4. The van der Waals surface area contributed by atoms with Gasteiger partial charge in [-0.3, -0.25) is 4.79 Å². The standard InChI is InChI=1S/C15H24N2O2/c1-5-16-15(18)8-9-17-12(3)13-10-11(2)6-7-14(13)19-4/h6-7,10,12,17H,5,8-9H2,1-4H3,(H,16,18). The summed E-state index contributed by atoms with van der Waals surface area (Å²) in [7, 11) is 1.68. The van der Waals surface area contributed by atoms with Gasteiger partial charge in [-0.05, 0) is 26.8 Å². The van der Waals surface area contributed by atoms with Gasteiger partial charge in [0.1, 0.15) is 5.75 Å². The third kappa shape index (κ3) is 4.91. The fourth-order valence-corrected chi connectivity index (χ4v) is 1.99. The van der Waals surface area contributed by atoms with Crippen molar-refractivity contribution in [2.75, 3.05) is 20.2 Å². The van der Waals surface area contributed by atoms with E-state index in [9.17, 15) is 4.79 Å². The molecule has 0 saturated carbocycles. The van der Waals surface area contributed by atoms with Crippen LogP contribution in [-0.2, 0) is 4.79 Å². The highest BCUT2D eigenvalue weighted by atomic mass is 16.5. The summed E-state index contributed by atoms with van der Waals surface area (Å²) in [5, 5.41) is 6.14. The van der Waals surface area contributed by atoms with Gasteiger partial charge in [-0.15, -0.1) is 0 Å². The van der Waals surface area contributed by atoms with Crippen LogP contribution in [0.3, 0.4) is 0 Å². The van der Waals surface area contributed by atoms with Crippen LogP contribution in [0.1, 0.15) is 37.4 Å². The highest BCUT2D eigenvalue weighted by Crippen LogP contribution is 2.25. The highest BCUT2D eigenvalue weighted by Gasteiger charge is 2.11. The Morgan fingerprint density at radius 1 is 1.42 bits per heavy atom. The van der Waals surface area contributed by atoms with Gasteiger partial charge in [0.2, 0.25) is 5.91 Å². The van der Waals surface area contributed by atoms with Crippen LogP contribution in [0.2, 0.25) is 0 Å². The van der Waals surface area contributed by atoms with E-state index in [0.29, 0.717) is 19.5 Å². The SMILES string of the molecule is CCNC(=O)CCNC(C)c1cc(C)ccc1OC. The number of hydrogen-bond donors (Lipinski definition) is 2. The molecule has 2 N–H and O–H groups in total. The van der Waals surface area contributed by atoms with Gasteiger partial charge in [-0.1, -0.05) is 17.7 Å². The molecule has 1 amide bonds. The monoisotopic (exact) mass is 264 g/mol. The molecule has 1 aromatic carbocycles. The predicted molar refractivity (Wildman–Crippen MR) is 77.4 cm³/mol. The van der Waals surface area contributed by atoms with Crippen molar-refractivity contribution < 1.29 is 9.53 Å². The summed E-state index contributed by atoms with van der Waals surface area (Å²) in [6.07, 6.45) is 0.492. The first-order chi connectivity index (χ1) is 9.08. The lowest BCUT2D eigenvalue weighted by molar-refractivity contribution is -0.120. The number of aryl methyl sites for hydroxylation is 1. The number of carbonyl (C=O) groups is 1. The first-order valence-corrected chi connectivity index (χ1v) is 6.73. The van der Waals surface area contributed by atoms with E-state index in [-0.39, 0.29) is 11.9 Å². The minimum Gasteiger partial charge on any atom is -0.496 e. The Morgan fingerprint density at radius 2 is 2.16 bits per heavy atom. The number of rotatable bonds is 7. The molecule has 0 bridgehead atoms. The van der Waals surface area contributed by atoms with E-state index in [1.165, 1.54) is 5.56 Å². The van der Waals surface area contributed by atoms with Crippen molar-refractivity contribution in [3.05, 3.63) is 29.3 Å². The van der Waals surface area contributed by atoms with Gasteiger partial charge in [0.05, 0.1) is 7.11 Å². The van der Waals surface area contributed by atoms with Crippen LogP contribution < -0.4 is 15.4 Å². The molecule has 4 heteroatoms. The number of nitrogens with one attached hydrogen (secondary N) is 2. The molecule has 0 fully saturated rings. The minimum absolute atomic E-state index is 0.0819. The zero-order valence-corrected chi connectivity index (χ0v) is 12.2. The molecule has 0 aliphatic rings. The van der Waals surface area contributed by atoms with Crippen LogP contribution in [0.4, 0.5) is 0 Å². The fraction of sp³-hybridized carbons (Fsp3) is 0.533. The topological polar surface area (TPSA) is 50.4 Å². The van der Waals surface area contributed by atoms with Crippen molar-refractivity contribution >= 4 is 5.91 Å². The Morgan fingerprint density at radius 3 is 2.79 bits per heavy atom. The van der Waals surface area contributed by atoms with E-state index in [1.807, 2.05) is 19.1 Å². The molecule has 1 aromatic rings. The second kappa shape index (κ2) is 7.79. The van der Waals surface area contributed by atoms with Crippen LogP contribution in [0.5, 0.6) is 5.75 Å². The van der Waals surface area contributed by atoms with Crippen LogP contribution in [0.15, 0.2) is 18.2 Å². The molecule has 0 aliphatic heterocycles. The second-order valence-electron chi connectivity index (χ2n) is 4.62. The molecule has 1 atom stereocenters. The number of ether oxygens (including phenoxy) is 1. The lowest BCUT2D eigenvalue weighted by Gasteiger charge is -2.18. The van der Waals surface area contributed by atoms with Gasteiger partial charge >= 0.3 is 0 Å². The highest BCUT2D eigenvalue weighted by molar-refractivity contribution is 5.75. The van der Waals surface area contributed by atoms with E-state index in [0.717, 1.165) is 11.3 Å². The molecular weight excluding hydrogens is 240 g/mol. The van der Waals surface area contributed by atoms with E-state index in [2.05, 4.69) is 30.5 Å². The summed E-state index contributed by atoms with van der Waals surface area (Å²) in [5.74, 6) is 0.960. The molecule has 106 valence electrons. The summed E-state index contributed by atoms with van der Waals surface area (Å²) >= 11 is 0. The largest absolute Gasteiger partial charge is 0.496 e. The summed E-state index contributed by atoms with van der Waals surface area (Å²) in [6.45, 7) is 7.40. The van der Waals surface area contributed by atoms with E-state index in [1.54, 1.807) is 7.11 Å². The molecule has 0 radical (unpaired) electrons. The Balaban J connectivity index is 2.55. The normalized spacial score (nSPS) is 12.0. The molecule has 4 nitrogen and oxygen atoms in total. The Bertz CT molecular complexity index is 419. The lowest BCUT2D eigenvalue weighted by atomic mass is 10.0. The molecule has 0 aromatic heterocycles. The summed E-state index contributed by atoms with van der Waals surface area (Å²) in [6, 6.07) is 6.28.